The second-order valence-electron chi connectivity index (χ2n) is 4.53. The number of anilines is 2. The van der Waals surface area contributed by atoms with Gasteiger partial charge in [-0.3, -0.25) is 10.1 Å². The number of alkyl halides is 3. The van der Waals surface area contributed by atoms with Crippen LogP contribution in [0.15, 0.2) is 36.5 Å². The van der Waals surface area contributed by atoms with Crippen molar-refractivity contribution in [2.45, 2.75) is 6.18 Å². The lowest BCUT2D eigenvalue weighted by molar-refractivity contribution is -0.192. The number of H-pyrrole nitrogens is 1. The fourth-order valence-corrected chi connectivity index (χ4v) is 1.95. The van der Waals surface area contributed by atoms with Crippen LogP contribution in [0.4, 0.5) is 24.7 Å². The lowest BCUT2D eigenvalue weighted by Gasteiger charge is -2.04. The predicted octanol–water partition coefficient (Wildman–Crippen LogP) is 4.64. The normalized spacial score (nSPS) is 10.9. The molecule has 0 aliphatic rings. The summed E-state index contributed by atoms with van der Waals surface area (Å²) in [5.41, 5.74) is 2.46. The van der Waals surface area contributed by atoms with Crippen LogP contribution in [0.2, 0.25) is 10.0 Å². The van der Waals surface area contributed by atoms with Crippen molar-refractivity contribution < 1.29 is 23.1 Å². The smallest absolute Gasteiger partial charge is 0.475 e. The minimum atomic E-state index is -5.08. The Labute approximate surface area is 148 Å². The molecule has 3 rings (SSSR count). The summed E-state index contributed by atoms with van der Waals surface area (Å²) < 4.78 is 31.7. The van der Waals surface area contributed by atoms with Gasteiger partial charge in [-0.1, -0.05) is 23.2 Å². The summed E-state index contributed by atoms with van der Waals surface area (Å²) in [6.07, 6.45) is -3.36. The molecule has 0 aliphatic heterocycles. The lowest BCUT2D eigenvalue weighted by atomic mass is 10.3. The van der Waals surface area contributed by atoms with E-state index in [1.54, 1.807) is 18.3 Å². The first kappa shape index (κ1) is 18.8. The summed E-state index contributed by atoms with van der Waals surface area (Å²) in [6.45, 7) is 0. The van der Waals surface area contributed by atoms with Gasteiger partial charge >= 0.3 is 12.1 Å². The summed E-state index contributed by atoms with van der Waals surface area (Å²) in [4.78, 5) is 13.2. The number of benzene rings is 1. The lowest BCUT2D eigenvalue weighted by Crippen LogP contribution is -2.21. The van der Waals surface area contributed by atoms with Crippen molar-refractivity contribution in [3.05, 3.63) is 46.6 Å². The molecule has 0 bridgehead atoms. The summed E-state index contributed by atoms with van der Waals surface area (Å²) in [5, 5.41) is 18.4. The molecule has 25 heavy (non-hydrogen) atoms. The number of halogens is 5. The third-order valence-electron chi connectivity index (χ3n) is 2.75. The molecule has 0 aliphatic carbocycles. The SMILES string of the molecule is Clc1ccc(Nc2n[nH]c3cccnc23)cc1Cl.O=C(O)C(F)(F)F. The molecule has 0 saturated carbocycles. The minimum Gasteiger partial charge on any atom is -0.475 e. The van der Waals surface area contributed by atoms with E-state index in [0.717, 1.165) is 16.7 Å². The van der Waals surface area contributed by atoms with E-state index in [1.165, 1.54) is 0 Å². The number of carboxylic acids is 1. The van der Waals surface area contributed by atoms with Gasteiger partial charge in [0.05, 0.1) is 15.6 Å². The number of pyridine rings is 1. The van der Waals surface area contributed by atoms with Gasteiger partial charge in [-0.05, 0) is 30.3 Å². The highest BCUT2D eigenvalue weighted by atomic mass is 35.5. The van der Waals surface area contributed by atoms with Crippen LogP contribution >= 0.6 is 23.2 Å². The Morgan fingerprint density at radius 1 is 1.20 bits per heavy atom. The Morgan fingerprint density at radius 3 is 2.48 bits per heavy atom. The van der Waals surface area contributed by atoms with Crippen LogP contribution in [-0.4, -0.2) is 32.4 Å². The van der Waals surface area contributed by atoms with Crippen LogP contribution in [0.25, 0.3) is 11.0 Å². The monoisotopic (exact) mass is 392 g/mol. The second-order valence-corrected chi connectivity index (χ2v) is 5.34. The van der Waals surface area contributed by atoms with Gasteiger partial charge in [0.15, 0.2) is 5.82 Å². The average molecular weight is 393 g/mol. The maximum atomic E-state index is 10.6. The fraction of sp³-hybridized carbons (Fsp3) is 0.0714. The van der Waals surface area contributed by atoms with Crippen LogP contribution in [0, 0.1) is 0 Å². The first-order chi connectivity index (χ1) is 11.7. The Morgan fingerprint density at radius 2 is 1.88 bits per heavy atom. The number of carboxylic acid groups (broad SMARTS) is 1. The number of fused-ring (bicyclic) bond motifs is 1. The van der Waals surface area contributed by atoms with Crippen molar-refractivity contribution in [3.8, 4) is 0 Å². The molecular formula is C14H9Cl2F3N4O2. The maximum Gasteiger partial charge on any atom is 0.490 e. The van der Waals surface area contributed by atoms with Gasteiger partial charge in [-0.15, -0.1) is 0 Å². The summed E-state index contributed by atoms with van der Waals surface area (Å²) in [6, 6.07) is 9.07. The van der Waals surface area contributed by atoms with E-state index < -0.39 is 12.1 Å². The zero-order chi connectivity index (χ0) is 18.6. The van der Waals surface area contributed by atoms with Crippen molar-refractivity contribution in [2.24, 2.45) is 0 Å². The molecule has 0 amide bonds. The molecule has 6 nitrogen and oxygen atoms in total. The largest absolute Gasteiger partial charge is 0.490 e. The Balaban J connectivity index is 0.000000277. The van der Waals surface area contributed by atoms with Crippen molar-refractivity contribution >= 4 is 51.7 Å². The van der Waals surface area contributed by atoms with E-state index in [0.29, 0.717) is 15.9 Å². The number of nitrogens with one attached hydrogen (secondary N) is 2. The average Bonchev–Trinajstić information content (AvgIpc) is 2.94. The molecule has 0 unspecified atom stereocenters. The van der Waals surface area contributed by atoms with Crippen LogP contribution in [0.1, 0.15) is 0 Å². The van der Waals surface area contributed by atoms with E-state index in [4.69, 9.17) is 33.1 Å². The van der Waals surface area contributed by atoms with Crippen LogP contribution in [-0.2, 0) is 4.79 Å². The van der Waals surface area contributed by atoms with E-state index in [9.17, 15) is 13.2 Å². The molecule has 0 fully saturated rings. The highest BCUT2D eigenvalue weighted by Crippen LogP contribution is 2.28. The Kier molecular flexibility index (Phi) is 5.70. The van der Waals surface area contributed by atoms with Crippen LogP contribution in [0.5, 0.6) is 0 Å². The number of hydrogen-bond donors (Lipinski definition) is 3. The van der Waals surface area contributed by atoms with Gasteiger partial charge in [0.25, 0.3) is 0 Å². The fourth-order valence-electron chi connectivity index (χ4n) is 1.65. The van der Waals surface area contributed by atoms with Crippen molar-refractivity contribution in [1.82, 2.24) is 15.2 Å². The Bertz CT molecular complexity index is 899. The van der Waals surface area contributed by atoms with Gasteiger partial charge in [0.2, 0.25) is 0 Å². The quantitative estimate of drug-likeness (QED) is 0.590. The van der Waals surface area contributed by atoms with Crippen molar-refractivity contribution in [1.29, 1.82) is 0 Å². The van der Waals surface area contributed by atoms with Gasteiger partial charge in [0, 0.05) is 11.9 Å². The number of aliphatic carboxylic acids is 1. The molecule has 0 atom stereocenters. The second kappa shape index (κ2) is 7.58. The summed E-state index contributed by atoms with van der Waals surface area (Å²) >= 11 is 11.8. The molecule has 11 heteroatoms. The van der Waals surface area contributed by atoms with E-state index >= 15 is 0 Å². The standard InChI is InChI=1S/C12H8Cl2N4.C2HF3O2/c13-8-4-3-7(6-9(8)14)16-12-11-10(17-18-12)2-1-5-15-11;3-2(4,5)1(6)7/h1-6H,(H2,16,17,18);(H,6,7). The number of aromatic amines is 1. The van der Waals surface area contributed by atoms with Crippen molar-refractivity contribution in [3.63, 3.8) is 0 Å². The van der Waals surface area contributed by atoms with Crippen LogP contribution in [0.3, 0.4) is 0 Å². The first-order valence-electron chi connectivity index (χ1n) is 6.50. The molecule has 3 N–H and O–H groups in total. The molecule has 132 valence electrons. The molecule has 0 radical (unpaired) electrons. The zero-order valence-corrected chi connectivity index (χ0v) is 13.6. The highest BCUT2D eigenvalue weighted by Gasteiger charge is 2.38. The van der Waals surface area contributed by atoms with E-state index in [2.05, 4.69) is 20.5 Å². The molecule has 3 aromatic rings. The molecule has 0 spiro atoms. The van der Waals surface area contributed by atoms with E-state index in [-0.39, 0.29) is 0 Å². The zero-order valence-electron chi connectivity index (χ0n) is 12.1. The highest BCUT2D eigenvalue weighted by molar-refractivity contribution is 6.42. The maximum absolute atomic E-state index is 10.6. The van der Waals surface area contributed by atoms with Gasteiger partial charge in [-0.25, -0.2) is 4.79 Å². The summed E-state index contributed by atoms with van der Waals surface area (Å²) in [7, 11) is 0. The predicted molar refractivity (Wildman–Crippen MR) is 87.3 cm³/mol. The number of hydrogen-bond acceptors (Lipinski definition) is 4. The molecule has 2 heterocycles. The van der Waals surface area contributed by atoms with E-state index in [1.807, 2.05) is 18.2 Å². The number of aromatic nitrogens is 3. The molecule has 1 aromatic carbocycles. The molecule has 2 aromatic heterocycles. The van der Waals surface area contributed by atoms with Gasteiger partial charge in [0.1, 0.15) is 5.52 Å². The third-order valence-corrected chi connectivity index (χ3v) is 3.48. The summed E-state index contributed by atoms with van der Waals surface area (Å²) in [5.74, 6) is -2.10. The van der Waals surface area contributed by atoms with Crippen LogP contribution < -0.4 is 5.32 Å². The van der Waals surface area contributed by atoms with Crippen molar-refractivity contribution in [2.75, 3.05) is 5.32 Å². The van der Waals surface area contributed by atoms with Gasteiger partial charge < -0.3 is 10.4 Å². The molecule has 0 saturated heterocycles. The number of rotatable bonds is 2. The number of nitrogens with zero attached hydrogens (tertiary/aromatic N) is 2. The third kappa shape index (κ3) is 4.97. The number of carbonyl (C=O) groups is 1. The van der Waals surface area contributed by atoms with Gasteiger partial charge in [-0.2, -0.15) is 18.3 Å². The topological polar surface area (TPSA) is 90.9 Å². The Hall–Kier alpha value is -2.52. The molecular weight excluding hydrogens is 384 g/mol. The minimum absolute atomic E-state index is 0.495. The first-order valence-corrected chi connectivity index (χ1v) is 7.25.